The maximum absolute atomic E-state index is 13.2. The van der Waals surface area contributed by atoms with Gasteiger partial charge in [0.1, 0.15) is 6.04 Å². The van der Waals surface area contributed by atoms with Crippen LogP contribution in [0.25, 0.3) is 0 Å². The maximum Gasteiger partial charge on any atom is 0.416 e. The molecule has 0 saturated heterocycles. The van der Waals surface area contributed by atoms with E-state index in [0.29, 0.717) is 12.8 Å². The van der Waals surface area contributed by atoms with Crippen molar-refractivity contribution in [3.05, 3.63) is 65.7 Å². The molecule has 0 saturated carbocycles. The van der Waals surface area contributed by atoms with Crippen molar-refractivity contribution in [2.24, 2.45) is 0 Å². The molecule has 0 fully saturated rings. The zero-order valence-corrected chi connectivity index (χ0v) is 21.4. The highest BCUT2D eigenvalue weighted by Gasteiger charge is 2.32. The normalized spacial score (nSPS) is 12.6. The minimum absolute atomic E-state index is 0.0637. The molecule has 36 heavy (non-hydrogen) atoms. The van der Waals surface area contributed by atoms with Gasteiger partial charge in [-0.25, -0.2) is 8.42 Å². The van der Waals surface area contributed by atoms with Gasteiger partial charge in [-0.2, -0.15) is 13.2 Å². The quantitative estimate of drug-likeness (QED) is 0.454. The number of likely N-dealkylation sites (N-methyl/N-ethyl adjacent to an activating group) is 1. The van der Waals surface area contributed by atoms with Gasteiger partial charge in [-0.05, 0) is 43.0 Å². The van der Waals surface area contributed by atoms with Gasteiger partial charge in [-0.1, -0.05) is 43.3 Å². The molecule has 2 amide bonds. The summed E-state index contributed by atoms with van der Waals surface area (Å²) in [5, 5.41) is 2.57. The molecule has 0 aliphatic rings. The molecule has 11 heteroatoms. The predicted molar refractivity (Wildman–Crippen MR) is 133 cm³/mol. The van der Waals surface area contributed by atoms with Crippen LogP contribution in [0, 0.1) is 0 Å². The fourth-order valence-electron chi connectivity index (χ4n) is 3.90. The number of halogens is 3. The van der Waals surface area contributed by atoms with Crippen LogP contribution in [-0.2, 0) is 32.2 Å². The minimum Gasteiger partial charge on any atom is -0.357 e. The van der Waals surface area contributed by atoms with Crippen LogP contribution in [0.5, 0.6) is 0 Å². The molecule has 0 aromatic heterocycles. The molecule has 0 aliphatic carbocycles. The summed E-state index contributed by atoms with van der Waals surface area (Å²) in [4.78, 5) is 27.1. The van der Waals surface area contributed by atoms with E-state index in [1.807, 2.05) is 30.3 Å². The molecular formula is C25H32F3N3O4S. The number of nitrogens with one attached hydrogen (secondary N) is 1. The summed E-state index contributed by atoms with van der Waals surface area (Å²) in [6.07, 6.45) is -2.82. The standard InChI is InChI=1S/C25H32F3N3O4S/c1-4-22(24(33)29-2)30(17-15-19-10-6-5-7-11-19)23(32)14-9-16-31(36(3,34)35)21-13-8-12-20(18-21)25(26,27)28/h5-8,10-13,18,22H,4,9,14-17H2,1-3H3,(H,29,33). The number of carbonyl (C=O) groups is 2. The third kappa shape index (κ3) is 8.25. The van der Waals surface area contributed by atoms with Crippen molar-refractivity contribution in [1.82, 2.24) is 10.2 Å². The molecule has 0 bridgehead atoms. The fourth-order valence-corrected chi connectivity index (χ4v) is 4.86. The van der Waals surface area contributed by atoms with Crippen molar-refractivity contribution in [1.29, 1.82) is 0 Å². The zero-order valence-electron chi connectivity index (χ0n) is 20.6. The first kappa shape index (κ1) is 29.2. The van der Waals surface area contributed by atoms with Crippen LogP contribution < -0.4 is 9.62 Å². The summed E-state index contributed by atoms with van der Waals surface area (Å²) >= 11 is 0. The number of rotatable bonds is 12. The van der Waals surface area contributed by atoms with Crippen LogP contribution in [0.4, 0.5) is 18.9 Å². The number of hydrogen-bond acceptors (Lipinski definition) is 4. The Kier molecular flexibility index (Phi) is 10.3. The van der Waals surface area contributed by atoms with E-state index in [9.17, 15) is 31.2 Å². The molecule has 2 aromatic carbocycles. The Morgan fingerprint density at radius 3 is 2.25 bits per heavy atom. The summed E-state index contributed by atoms with van der Waals surface area (Å²) in [6.45, 7) is 1.90. The number of alkyl halides is 3. The van der Waals surface area contributed by atoms with Crippen molar-refractivity contribution in [3.63, 3.8) is 0 Å². The Bertz CT molecular complexity index is 1120. The van der Waals surface area contributed by atoms with E-state index in [4.69, 9.17) is 0 Å². The summed E-state index contributed by atoms with van der Waals surface area (Å²) in [5.74, 6) is -0.639. The lowest BCUT2D eigenvalue weighted by Gasteiger charge is -2.30. The second-order valence-electron chi connectivity index (χ2n) is 8.35. The molecule has 7 nitrogen and oxygen atoms in total. The van der Waals surface area contributed by atoms with Crippen molar-refractivity contribution >= 4 is 27.5 Å². The molecule has 198 valence electrons. The highest BCUT2D eigenvalue weighted by molar-refractivity contribution is 7.92. The van der Waals surface area contributed by atoms with E-state index < -0.39 is 27.8 Å². The SMILES string of the molecule is CCC(C(=O)NC)N(CCc1ccccc1)C(=O)CCCN(c1cccc(C(F)(F)F)c1)S(C)(=O)=O. The van der Waals surface area contributed by atoms with Crippen LogP contribution in [0.3, 0.4) is 0 Å². The topological polar surface area (TPSA) is 86.8 Å². The Balaban J connectivity index is 2.17. The average molecular weight is 528 g/mol. The highest BCUT2D eigenvalue weighted by atomic mass is 32.2. The second kappa shape index (κ2) is 12.8. The number of amides is 2. The van der Waals surface area contributed by atoms with Crippen LogP contribution in [-0.4, -0.2) is 57.6 Å². The summed E-state index contributed by atoms with van der Waals surface area (Å²) in [7, 11) is -2.42. The molecule has 0 spiro atoms. The van der Waals surface area contributed by atoms with Crippen LogP contribution in [0.1, 0.15) is 37.3 Å². The fraction of sp³-hybridized carbons (Fsp3) is 0.440. The molecule has 0 aliphatic heterocycles. The van der Waals surface area contributed by atoms with Crippen molar-refractivity contribution < 1.29 is 31.2 Å². The average Bonchev–Trinajstić information content (AvgIpc) is 2.83. The van der Waals surface area contributed by atoms with Gasteiger partial charge in [0, 0.05) is 26.6 Å². The van der Waals surface area contributed by atoms with Crippen LogP contribution in [0.2, 0.25) is 0 Å². The molecule has 2 rings (SSSR count). The highest BCUT2D eigenvalue weighted by Crippen LogP contribution is 2.32. The Hall–Kier alpha value is -3.08. The third-order valence-electron chi connectivity index (χ3n) is 5.73. The lowest BCUT2D eigenvalue weighted by Crippen LogP contribution is -2.49. The number of hydrogen-bond donors (Lipinski definition) is 1. The Morgan fingerprint density at radius 1 is 1.03 bits per heavy atom. The predicted octanol–water partition coefficient (Wildman–Crippen LogP) is 3.85. The van der Waals surface area contributed by atoms with Crippen molar-refractivity contribution in [3.8, 4) is 0 Å². The Morgan fingerprint density at radius 2 is 1.69 bits per heavy atom. The van der Waals surface area contributed by atoms with Gasteiger partial charge in [-0.15, -0.1) is 0 Å². The maximum atomic E-state index is 13.2. The van der Waals surface area contributed by atoms with Gasteiger partial charge in [0.2, 0.25) is 21.8 Å². The summed E-state index contributed by atoms with van der Waals surface area (Å²) in [6, 6.07) is 12.8. The van der Waals surface area contributed by atoms with Crippen LogP contribution >= 0.6 is 0 Å². The first-order chi connectivity index (χ1) is 16.9. The second-order valence-corrected chi connectivity index (χ2v) is 10.3. The Labute approximate surface area is 210 Å². The van der Waals surface area contributed by atoms with E-state index >= 15 is 0 Å². The minimum atomic E-state index is -4.62. The number of nitrogens with zero attached hydrogens (tertiary/aromatic N) is 2. The molecule has 1 N–H and O–H groups in total. The third-order valence-corrected chi connectivity index (χ3v) is 6.92. The first-order valence-electron chi connectivity index (χ1n) is 11.6. The van der Waals surface area contributed by atoms with Gasteiger partial charge < -0.3 is 10.2 Å². The van der Waals surface area contributed by atoms with Crippen molar-refractivity contribution in [2.75, 3.05) is 30.7 Å². The molecular weight excluding hydrogens is 495 g/mol. The zero-order chi connectivity index (χ0) is 26.9. The molecule has 0 heterocycles. The van der Waals surface area contributed by atoms with E-state index in [0.717, 1.165) is 34.3 Å². The van der Waals surface area contributed by atoms with Gasteiger partial charge in [0.05, 0.1) is 17.5 Å². The molecule has 1 unspecified atom stereocenters. The van der Waals surface area contributed by atoms with E-state index in [1.54, 1.807) is 6.92 Å². The summed E-state index contributed by atoms with van der Waals surface area (Å²) < 4.78 is 64.9. The molecule has 1 atom stereocenters. The summed E-state index contributed by atoms with van der Waals surface area (Å²) in [5.41, 5.74) is -0.0967. The molecule has 0 radical (unpaired) electrons. The lowest BCUT2D eigenvalue weighted by atomic mass is 10.1. The van der Waals surface area contributed by atoms with Crippen molar-refractivity contribution in [2.45, 2.75) is 44.8 Å². The smallest absolute Gasteiger partial charge is 0.357 e. The van der Waals surface area contributed by atoms with Gasteiger partial charge in [0.25, 0.3) is 0 Å². The first-order valence-corrected chi connectivity index (χ1v) is 13.4. The van der Waals surface area contributed by atoms with Gasteiger partial charge >= 0.3 is 6.18 Å². The molecule has 2 aromatic rings. The number of sulfonamides is 1. The van der Waals surface area contributed by atoms with Gasteiger partial charge in [0.15, 0.2) is 0 Å². The number of anilines is 1. The number of carbonyl (C=O) groups excluding carboxylic acids is 2. The van der Waals surface area contributed by atoms with E-state index in [2.05, 4.69) is 5.32 Å². The van der Waals surface area contributed by atoms with Crippen LogP contribution in [0.15, 0.2) is 54.6 Å². The van der Waals surface area contributed by atoms with E-state index in [1.165, 1.54) is 18.0 Å². The largest absolute Gasteiger partial charge is 0.416 e. The monoisotopic (exact) mass is 527 g/mol. The lowest BCUT2D eigenvalue weighted by molar-refractivity contribution is -0.140. The number of benzene rings is 2. The van der Waals surface area contributed by atoms with E-state index in [-0.39, 0.29) is 43.4 Å². The van der Waals surface area contributed by atoms with Gasteiger partial charge in [-0.3, -0.25) is 13.9 Å².